The molecule has 3 heterocycles. The maximum absolute atomic E-state index is 12.2. The fourth-order valence-electron chi connectivity index (χ4n) is 3.12. The largest absolute Gasteiger partial charge is 0.463 e. The van der Waals surface area contributed by atoms with Gasteiger partial charge in [0.25, 0.3) is 0 Å². The highest BCUT2D eigenvalue weighted by atomic mass is 16.6. The molecule has 1 aliphatic heterocycles. The summed E-state index contributed by atoms with van der Waals surface area (Å²) in [4.78, 5) is 47.9. The summed E-state index contributed by atoms with van der Waals surface area (Å²) in [6.07, 6.45) is 1.37. The number of anilines is 1. The molecule has 0 spiro atoms. The van der Waals surface area contributed by atoms with Crippen LogP contribution in [0.4, 0.5) is 5.82 Å². The van der Waals surface area contributed by atoms with Gasteiger partial charge in [0.15, 0.2) is 17.0 Å². The summed E-state index contributed by atoms with van der Waals surface area (Å²) in [7, 11) is 0. The molecule has 2 aromatic rings. The van der Waals surface area contributed by atoms with Crippen LogP contribution in [0.1, 0.15) is 40.3 Å². The molecule has 0 aliphatic carbocycles. The number of ether oxygens (including phenoxy) is 3. The topological polar surface area (TPSA) is 161 Å². The molecule has 174 valence electrons. The van der Waals surface area contributed by atoms with Gasteiger partial charge in [0, 0.05) is 6.42 Å². The van der Waals surface area contributed by atoms with Crippen molar-refractivity contribution in [3.63, 3.8) is 0 Å². The predicted octanol–water partition coefficient (Wildman–Crippen LogP) is 0.778. The van der Waals surface area contributed by atoms with Gasteiger partial charge in [-0.3, -0.25) is 19.0 Å². The van der Waals surface area contributed by atoms with Crippen LogP contribution in [-0.4, -0.2) is 62.7 Å². The summed E-state index contributed by atoms with van der Waals surface area (Å²) in [5, 5.41) is 2.82. The highest BCUT2D eigenvalue weighted by Gasteiger charge is 2.40. The number of primary amides is 1. The van der Waals surface area contributed by atoms with Crippen molar-refractivity contribution in [2.45, 2.75) is 52.6 Å². The van der Waals surface area contributed by atoms with E-state index in [1.54, 1.807) is 32.3 Å². The fraction of sp³-hybridized carbons (Fsp3) is 0.600. The van der Waals surface area contributed by atoms with Crippen LogP contribution in [0.3, 0.4) is 0 Å². The lowest BCUT2D eigenvalue weighted by Crippen LogP contribution is -2.33. The zero-order chi connectivity index (χ0) is 23.4. The van der Waals surface area contributed by atoms with Crippen molar-refractivity contribution in [3.05, 3.63) is 12.7 Å². The lowest BCUT2D eigenvalue weighted by molar-refractivity contribution is -0.162. The van der Waals surface area contributed by atoms with Crippen molar-refractivity contribution in [3.8, 4) is 0 Å². The van der Waals surface area contributed by atoms with E-state index in [0.29, 0.717) is 23.4 Å². The van der Waals surface area contributed by atoms with E-state index in [2.05, 4.69) is 20.3 Å². The van der Waals surface area contributed by atoms with E-state index in [1.807, 2.05) is 0 Å². The van der Waals surface area contributed by atoms with Gasteiger partial charge in [-0.1, -0.05) is 27.7 Å². The zero-order valence-electron chi connectivity index (χ0n) is 18.5. The Kier molecular flexibility index (Phi) is 7.23. The van der Waals surface area contributed by atoms with Gasteiger partial charge in [0.2, 0.25) is 5.91 Å². The average molecular weight is 448 g/mol. The molecule has 1 saturated heterocycles. The number of fused-ring (bicyclic) bond motifs is 1. The average Bonchev–Trinajstić information content (AvgIpc) is 3.34. The van der Waals surface area contributed by atoms with Crippen molar-refractivity contribution in [1.29, 1.82) is 0 Å². The molecule has 0 aromatic carbocycles. The molecule has 3 rings (SSSR count). The molecule has 0 radical (unpaired) electrons. The Labute approximate surface area is 184 Å². The number of rotatable bonds is 9. The van der Waals surface area contributed by atoms with E-state index in [9.17, 15) is 14.4 Å². The summed E-state index contributed by atoms with van der Waals surface area (Å²) >= 11 is 0. The lowest BCUT2D eigenvalue weighted by Gasteiger charge is -2.20. The normalized spacial score (nSPS) is 20.6. The second-order valence-electron chi connectivity index (χ2n) is 8.15. The molecule has 1 aliphatic rings. The molecule has 0 saturated carbocycles. The van der Waals surface area contributed by atoms with Crippen LogP contribution >= 0.6 is 0 Å². The Balaban J connectivity index is 1.81. The van der Waals surface area contributed by atoms with Gasteiger partial charge in [-0.15, -0.1) is 0 Å². The van der Waals surface area contributed by atoms with Gasteiger partial charge in [-0.25, -0.2) is 15.0 Å². The minimum atomic E-state index is -0.642. The highest BCUT2D eigenvalue weighted by Crippen LogP contribution is 2.34. The predicted molar refractivity (Wildman–Crippen MR) is 112 cm³/mol. The fourth-order valence-corrected chi connectivity index (χ4v) is 3.12. The van der Waals surface area contributed by atoms with E-state index in [-0.39, 0.29) is 36.9 Å². The first-order chi connectivity index (χ1) is 15.2. The number of aromatic nitrogens is 4. The number of carbonyl (C=O) groups is 3. The molecule has 2 aromatic heterocycles. The van der Waals surface area contributed by atoms with Crippen LogP contribution in [0, 0.1) is 11.8 Å². The minimum absolute atomic E-state index is 0.0451. The Hall–Kier alpha value is -3.28. The molecule has 3 atom stereocenters. The molecule has 1 fully saturated rings. The molecule has 3 N–H and O–H groups in total. The second kappa shape index (κ2) is 9.90. The van der Waals surface area contributed by atoms with Crippen LogP contribution in [-0.2, 0) is 28.6 Å². The van der Waals surface area contributed by atoms with Crippen molar-refractivity contribution < 1.29 is 28.6 Å². The maximum Gasteiger partial charge on any atom is 0.308 e. The summed E-state index contributed by atoms with van der Waals surface area (Å²) in [6, 6.07) is 0. The van der Waals surface area contributed by atoms with E-state index in [1.165, 1.54) is 12.7 Å². The quantitative estimate of drug-likeness (QED) is 0.524. The van der Waals surface area contributed by atoms with Crippen molar-refractivity contribution in [1.82, 2.24) is 19.5 Å². The number of nitrogens with two attached hydrogens (primary N) is 1. The number of esters is 2. The third kappa shape index (κ3) is 5.31. The third-order valence-electron chi connectivity index (χ3n) is 4.88. The van der Waals surface area contributed by atoms with E-state index < -0.39 is 24.3 Å². The van der Waals surface area contributed by atoms with Crippen LogP contribution < -0.4 is 11.1 Å². The Bertz CT molecular complexity index is 990. The summed E-state index contributed by atoms with van der Waals surface area (Å²) in [5.41, 5.74) is 6.08. The molecule has 32 heavy (non-hydrogen) atoms. The molecule has 0 unspecified atom stereocenters. The van der Waals surface area contributed by atoms with Crippen molar-refractivity contribution in [2.75, 3.05) is 18.5 Å². The number of hydrogen-bond donors (Lipinski definition) is 2. The van der Waals surface area contributed by atoms with E-state index >= 15 is 0 Å². The maximum atomic E-state index is 12.2. The van der Waals surface area contributed by atoms with E-state index in [4.69, 9.17) is 19.9 Å². The number of hydrogen-bond acceptors (Lipinski definition) is 10. The summed E-state index contributed by atoms with van der Waals surface area (Å²) < 4.78 is 18.7. The number of carbonyl (C=O) groups excluding carboxylic acids is 3. The number of imidazole rings is 1. The summed E-state index contributed by atoms with van der Waals surface area (Å²) in [6.45, 7) is 6.80. The van der Waals surface area contributed by atoms with Gasteiger partial charge < -0.3 is 25.3 Å². The van der Waals surface area contributed by atoms with Gasteiger partial charge in [-0.05, 0) is 0 Å². The third-order valence-corrected chi connectivity index (χ3v) is 4.88. The Morgan fingerprint density at radius 2 is 1.91 bits per heavy atom. The second-order valence-corrected chi connectivity index (χ2v) is 8.15. The van der Waals surface area contributed by atoms with Crippen LogP contribution in [0.15, 0.2) is 12.7 Å². The van der Waals surface area contributed by atoms with Crippen molar-refractivity contribution >= 4 is 34.8 Å². The first kappa shape index (κ1) is 23.4. The Morgan fingerprint density at radius 3 is 2.56 bits per heavy atom. The molecule has 1 amide bonds. The highest BCUT2D eigenvalue weighted by molar-refractivity contribution is 5.86. The van der Waals surface area contributed by atoms with Crippen LogP contribution in [0.25, 0.3) is 11.2 Å². The standard InChI is InChI=1S/C20H28N6O6/c1-10(2)19(28)30-7-13-12(32-20(29)11(3)4)5-15(31-13)26-9-25-16-17(22-6-14(21)27)23-8-24-18(16)26/h8-13,15H,5-7H2,1-4H3,(H2,21,27)(H,22,23,24)/t12-,13+,15+/m0/s1. The number of nitrogens with one attached hydrogen (secondary N) is 1. The van der Waals surface area contributed by atoms with Gasteiger partial charge >= 0.3 is 11.9 Å². The first-order valence-electron chi connectivity index (χ1n) is 10.4. The molecule has 12 heteroatoms. The molecule has 12 nitrogen and oxygen atoms in total. The molecule has 0 bridgehead atoms. The first-order valence-corrected chi connectivity index (χ1v) is 10.4. The molecular formula is C20H28N6O6. The monoisotopic (exact) mass is 448 g/mol. The van der Waals surface area contributed by atoms with Crippen LogP contribution in [0.2, 0.25) is 0 Å². The smallest absolute Gasteiger partial charge is 0.308 e. The van der Waals surface area contributed by atoms with E-state index in [0.717, 1.165) is 0 Å². The van der Waals surface area contributed by atoms with Gasteiger partial charge in [-0.2, -0.15) is 0 Å². The zero-order valence-corrected chi connectivity index (χ0v) is 18.5. The molecular weight excluding hydrogens is 420 g/mol. The minimum Gasteiger partial charge on any atom is -0.463 e. The van der Waals surface area contributed by atoms with Gasteiger partial charge in [0.1, 0.15) is 31.4 Å². The Morgan fingerprint density at radius 1 is 1.19 bits per heavy atom. The lowest BCUT2D eigenvalue weighted by atomic mass is 10.1. The van der Waals surface area contributed by atoms with Crippen molar-refractivity contribution in [2.24, 2.45) is 17.6 Å². The SMILES string of the molecule is CC(C)C(=O)OC[C@H]1O[C@@H](n2cnc3c(NCC(N)=O)ncnc32)C[C@@H]1OC(=O)C(C)C. The number of nitrogens with zero attached hydrogens (tertiary/aromatic N) is 4. The van der Waals surface area contributed by atoms with Crippen LogP contribution in [0.5, 0.6) is 0 Å². The summed E-state index contributed by atoms with van der Waals surface area (Å²) in [5.74, 6) is -1.51. The van der Waals surface area contributed by atoms with Gasteiger partial charge in [0.05, 0.1) is 24.7 Å². The number of amides is 1.